The van der Waals surface area contributed by atoms with Crippen molar-refractivity contribution in [3.05, 3.63) is 71.8 Å². The van der Waals surface area contributed by atoms with Crippen LogP contribution in [0.3, 0.4) is 0 Å². The van der Waals surface area contributed by atoms with Crippen LogP contribution in [0.15, 0.2) is 60.7 Å². The average molecular weight is 420 g/mol. The number of carbonyl (C=O) groups is 3. The van der Waals surface area contributed by atoms with E-state index in [0.29, 0.717) is 38.0 Å². The predicted octanol–water partition coefficient (Wildman–Crippen LogP) is 2.75. The molecule has 1 saturated heterocycles. The van der Waals surface area contributed by atoms with Gasteiger partial charge in [-0.1, -0.05) is 48.5 Å². The molecule has 2 fully saturated rings. The number of carbonyl (C=O) groups excluding carboxylic acids is 3. The van der Waals surface area contributed by atoms with E-state index in [2.05, 4.69) is 10.6 Å². The molecule has 2 aromatic carbocycles. The van der Waals surface area contributed by atoms with Gasteiger partial charge in [-0.05, 0) is 49.3 Å². The zero-order valence-corrected chi connectivity index (χ0v) is 17.6. The highest BCUT2D eigenvalue weighted by Crippen LogP contribution is 2.33. The number of nitrogens with zero attached hydrogens (tertiary/aromatic N) is 1. The van der Waals surface area contributed by atoms with Gasteiger partial charge in [-0.15, -0.1) is 0 Å². The maximum Gasteiger partial charge on any atom is 0.251 e. The van der Waals surface area contributed by atoms with Gasteiger partial charge in [-0.25, -0.2) is 0 Å². The first kappa shape index (κ1) is 21.1. The summed E-state index contributed by atoms with van der Waals surface area (Å²) < 4.78 is 0. The third kappa shape index (κ3) is 5.51. The summed E-state index contributed by atoms with van der Waals surface area (Å²) in [6.45, 7) is 1.70. The van der Waals surface area contributed by atoms with E-state index in [1.54, 1.807) is 24.3 Å². The molecule has 0 radical (unpaired) electrons. The van der Waals surface area contributed by atoms with Gasteiger partial charge >= 0.3 is 0 Å². The van der Waals surface area contributed by atoms with Crippen LogP contribution in [0.4, 0.5) is 0 Å². The smallest absolute Gasteiger partial charge is 0.251 e. The van der Waals surface area contributed by atoms with Crippen molar-refractivity contribution in [2.45, 2.75) is 38.3 Å². The Morgan fingerprint density at radius 3 is 2.10 bits per heavy atom. The molecule has 162 valence electrons. The molecule has 1 aliphatic carbocycles. The molecule has 6 heteroatoms. The van der Waals surface area contributed by atoms with Crippen molar-refractivity contribution in [3.63, 3.8) is 0 Å². The largest absolute Gasteiger partial charge is 0.350 e. The van der Waals surface area contributed by atoms with E-state index >= 15 is 0 Å². The van der Waals surface area contributed by atoms with Crippen LogP contribution in [0, 0.1) is 11.8 Å². The summed E-state index contributed by atoms with van der Waals surface area (Å²) in [5, 5.41) is 5.94. The van der Waals surface area contributed by atoms with E-state index in [9.17, 15) is 14.4 Å². The maximum absolute atomic E-state index is 13.1. The second-order valence-electron chi connectivity index (χ2n) is 8.46. The summed E-state index contributed by atoms with van der Waals surface area (Å²) in [6.07, 6.45) is 3.40. The average Bonchev–Trinajstić information content (AvgIpc) is 3.67. The van der Waals surface area contributed by atoms with Gasteiger partial charge < -0.3 is 15.5 Å². The Labute approximate surface area is 183 Å². The van der Waals surface area contributed by atoms with Gasteiger partial charge in [-0.2, -0.15) is 0 Å². The Morgan fingerprint density at radius 2 is 1.48 bits per heavy atom. The van der Waals surface area contributed by atoms with Gasteiger partial charge in [0.25, 0.3) is 5.91 Å². The van der Waals surface area contributed by atoms with Crippen LogP contribution < -0.4 is 10.6 Å². The quantitative estimate of drug-likeness (QED) is 0.724. The molecule has 0 spiro atoms. The van der Waals surface area contributed by atoms with E-state index in [-0.39, 0.29) is 29.6 Å². The molecular formula is C25H29N3O3. The molecule has 1 atom stereocenters. The lowest BCUT2D eigenvalue weighted by molar-refractivity contribution is -0.134. The van der Waals surface area contributed by atoms with E-state index in [1.807, 2.05) is 41.3 Å². The minimum absolute atomic E-state index is 0.00770. The van der Waals surface area contributed by atoms with Crippen LogP contribution in [-0.2, 0) is 16.1 Å². The van der Waals surface area contributed by atoms with Crippen molar-refractivity contribution in [1.82, 2.24) is 15.5 Å². The first-order valence-corrected chi connectivity index (χ1v) is 11.1. The summed E-state index contributed by atoms with van der Waals surface area (Å²) in [4.78, 5) is 40.2. The van der Waals surface area contributed by atoms with Crippen LogP contribution >= 0.6 is 0 Å². The Hall–Kier alpha value is -3.15. The maximum atomic E-state index is 13.1. The standard InChI is InChI=1S/C25H29N3O3/c29-23(20-9-5-2-6-10-20)27-22(24(30)26-17-18-7-3-1-4-8-18)19-13-15-28(16-14-19)25(31)21-11-12-21/h1-10,19,21-22H,11-17H2,(H,26,30)(H,27,29)/t22-/m1/s1. The summed E-state index contributed by atoms with van der Waals surface area (Å²) in [5.74, 6) is 0.0138. The third-order valence-electron chi connectivity index (χ3n) is 6.16. The van der Waals surface area contributed by atoms with Gasteiger partial charge in [0.1, 0.15) is 6.04 Å². The number of hydrogen-bond donors (Lipinski definition) is 2. The highest BCUT2D eigenvalue weighted by atomic mass is 16.2. The van der Waals surface area contributed by atoms with E-state index < -0.39 is 6.04 Å². The van der Waals surface area contributed by atoms with Crippen LogP contribution in [0.1, 0.15) is 41.6 Å². The second kappa shape index (κ2) is 9.77. The van der Waals surface area contributed by atoms with Crippen LogP contribution in [0.25, 0.3) is 0 Å². The van der Waals surface area contributed by atoms with Crippen molar-refractivity contribution >= 4 is 17.7 Å². The lowest BCUT2D eigenvalue weighted by Crippen LogP contribution is -2.53. The predicted molar refractivity (Wildman–Crippen MR) is 118 cm³/mol. The van der Waals surface area contributed by atoms with Crippen molar-refractivity contribution in [1.29, 1.82) is 0 Å². The third-order valence-corrected chi connectivity index (χ3v) is 6.16. The number of amides is 3. The summed E-state index contributed by atoms with van der Waals surface area (Å²) in [6, 6.07) is 18.0. The first-order chi connectivity index (χ1) is 15.1. The number of piperidine rings is 1. The van der Waals surface area contributed by atoms with E-state index in [4.69, 9.17) is 0 Å². The number of benzene rings is 2. The number of likely N-dealkylation sites (tertiary alicyclic amines) is 1. The number of nitrogens with one attached hydrogen (secondary N) is 2. The fourth-order valence-corrected chi connectivity index (χ4v) is 4.15. The van der Waals surface area contributed by atoms with Crippen LogP contribution in [0.2, 0.25) is 0 Å². The van der Waals surface area contributed by atoms with Crippen LogP contribution in [0.5, 0.6) is 0 Å². The Balaban J connectivity index is 1.42. The normalized spacial score (nSPS) is 17.6. The molecule has 0 bridgehead atoms. The Morgan fingerprint density at radius 1 is 0.871 bits per heavy atom. The monoisotopic (exact) mass is 419 g/mol. The Bertz CT molecular complexity index is 904. The van der Waals surface area contributed by atoms with E-state index in [1.165, 1.54) is 0 Å². The minimum atomic E-state index is -0.630. The van der Waals surface area contributed by atoms with Gasteiger partial charge in [0.2, 0.25) is 11.8 Å². The SMILES string of the molecule is O=C(N[C@@H](C(=O)NCc1ccccc1)C1CCN(C(=O)C2CC2)CC1)c1ccccc1. The zero-order valence-electron chi connectivity index (χ0n) is 17.6. The number of hydrogen-bond acceptors (Lipinski definition) is 3. The van der Waals surface area contributed by atoms with Gasteiger partial charge in [0.15, 0.2) is 0 Å². The van der Waals surface area contributed by atoms with Gasteiger partial charge in [-0.3, -0.25) is 14.4 Å². The second-order valence-corrected chi connectivity index (χ2v) is 8.46. The lowest BCUT2D eigenvalue weighted by atomic mass is 9.88. The highest BCUT2D eigenvalue weighted by Gasteiger charge is 2.38. The highest BCUT2D eigenvalue weighted by molar-refractivity contribution is 5.97. The molecule has 4 rings (SSSR count). The molecule has 1 saturated carbocycles. The Kier molecular flexibility index (Phi) is 6.65. The summed E-state index contributed by atoms with van der Waals surface area (Å²) in [7, 11) is 0. The minimum Gasteiger partial charge on any atom is -0.350 e. The van der Waals surface area contributed by atoms with Crippen molar-refractivity contribution < 1.29 is 14.4 Å². The first-order valence-electron chi connectivity index (χ1n) is 11.1. The molecule has 0 unspecified atom stereocenters. The molecule has 1 heterocycles. The molecule has 6 nitrogen and oxygen atoms in total. The summed E-state index contributed by atoms with van der Waals surface area (Å²) >= 11 is 0. The zero-order chi connectivity index (χ0) is 21.6. The number of rotatable bonds is 7. The van der Waals surface area contributed by atoms with Crippen LogP contribution in [-0.4, -0.2) is 41.8 Å². The fourth-order valence-electron chi connectivity index (χ4n) is 4.15. The van der Waals surface area contributed by atoms with Gasteiger partial charge in [0, 0.05) is 31.1 Å². The molecule has 2 N–H and O–H groups in total. The molecule has 0 aromatic heterocycles. The molecule has 2 aliphatic rings. The molecule has 2 aromatic rings. The topological polar surface area (TPSA) is 78.5 Å². The van der Waals surface area contributed by atoms with Crippen molar-refractivity contribution in [3.8, 4) is 0 Å². The van der Waals surface area contributed by atoms with Crippen molar-refractivity contribution in [2.75, 3.05) is 13.1 Å². The van der Waals surface area contributed by atoms with E-state index in [0.717, 1.165) is 18.4 Å². The lowest BCUT2D eigenvalue weighted by Gasteiger charge is -2.36. The van der Waals surface area contributed by atoms with Gasteiger partial charge in [0.05, 0.1) is 0 Å². The fraction of sp³-hybridized carbons (Fsp3) is 0.400. The molecule has 1 aliphatic heterocycles. The molecular weight excluding hydrogens is 390 g/mol. The molecule has 3 amide bonds. The molecule has 31 heavy (non-hydrogen) atoms. The summed E-state index contributed by atoms with van der Waals surface area (Å²) in [5.41, 5.74) is 1.54. The van der Waals surface area contributed by atoms with Crippen molar-refractivity contribution in [2.24, 2.45) is 11.8 Å².